The van der Waals surface area contributed by atoms with Crippen LogP contribution in [0.3, 0.4) is 0 Å². The predicted octanol–water partition coefficient (Wildman–Crippen LogP) is 2.29. The van der Waals surface area contributed by atoms with E-state index in [0.29, 0.717) is 17.9 Å². The lowest BCUT2D eigenvalue weighted by atomic mass is 10.1. The quantitative estimate of drug-likeness (QED) is 0.840. The van der Waals surface area contributed by atoms with Gasteiger partial charge in [0.15, 0.2) is 0 Å². The van der Waals surface area contributed by atoms with Gasteiger partial charge in [-0.05, 0) is 32.0 Å². The Hall–Kier alpha value is -1.13. The molecule has 0 aliphatic carbocycles. The van der Waals surface area contributed by atoms with Gasteiger partial charge in [-0.2, -0.15) is 0 Å². The average molecular weight is 228 g/mol. The average Bonchev–Trinajstić information content (AvgIpc) is 2.26. The van der Waals surface area contributed by atoms with Gasteiger partial charge in [-0.3, -0.25) is 0 Å². The van der Waals surface area contributed by atoms with E-state index >= 15 is 0 Å². The van der Waals surface area contributed by atoms with Crippen molar-refractivity contribution >= 4 is 0 Å². The van der Waals surface area contributed by atoms with E-state index in [2.05, 4.69) is 0 Å². The lowest BCUT2D eigenvalue weighted by Gasteiger charge is -2.16. The van der Waals surface area contributed by atoms with Crippen molar-refractivity contribution in [2.75, 3.05) is 13.7 Å². The summed E-state index contributed by atoms with van der Waals surface area (Å²) in [7, 11) is 1.59. The highest BCUT2D eigenvalue weighted by atomic mass is 19.1. The van der Waals surface area contributed by atoms with Gasteiger partial charge in [-0.25, -0.2) is 4.39 Å². The zero-order chi connectivity index (χ0) is 12.1. The Morgan fingerprint density at radius 2 is 2.06 bits per heavy atom. The van der Waals surface area contributed by atoms with Gasteiger partial charge in [0.25, 0.3) is 0 Å². The number of aliphatic hydroxyl groups is 1. The molecule has 1 N–H and O–H groups in total. The molecule has 1 aromatic carbocycles. The lowest BCUT2D eigenvalue weighted by Crippen LogP contribution is -2.16. The Balaban J connectivity index is 2.78. The predicted molar refractivity (Wildman–Crippen MR) is 59.0 cm³/mol. The van der Waals surface area contributed by atoms with Crippen molar-refractivity contribution < 1.29 is 19.0 Å². The monoisotopic (exact) mass is 228 g/mol. The SMILES string of the molecule is COC(C)COc1ccc(F)cc1[C@H](C)O. The first kappa shape index (κ1) is 12.9. The summed E-state index contributed by atoms with van der Waals surface area (Å²) in [5, 5.41) is 9.47. The Morgan fingerprint density at radius 3 is 2.62 bits per heavy atom. The standard InChI is InChI=1S/C12H17FO3/c1-8(15-3)7-16-12-5-4-10(13)6-11(12)9(2)14/h4-6,8-9,14H,7H2,1-3H3/t8?,9-/m0/s1. The van der Waals surface area contributed by atoms with E-state index < -0.39 is 6.10 Å². The van der Waals surface area contributed by atoms with Crippen LogP contribution in [0.25, 0.3) is 0 Å². The van der Waals surface area contributed by atoms with Crippen molar-refractivity contribution in [3.05, 3.63) is 29.6 Å². The van der Waals surface area contributed by atoms with Crippen LogP contribution in [-0.4, -0.2) is 24.9 Å². The highest BCUT2D eigenvalue weighted by molar-refractivity contribution is 5.35. The van der Waals surface area contributed by atoms with Crippen molar-refractivity contribution in [3.63, 3.8) is 0 Å². The minimum atomic E-state index is -0.761. The third kappa shape index (κ3) is 3.47. The number of methoxy groups -OCH3 is 1. The minimum Gasteiger partial charge on any atom is -0.491 e. The number of halogens is 1. The molecule has 0 heterocycles. The molecular weight excluding hydrogens is 211 g/mol. The van der Waals surface area contributed by atoms with Gasteiger partial charge in [0, 0.05) is 12.7 Å². The molecule has 4 heteroatoms. The highest BCUT2D eigenvalue weighted by Crippen LogP contribution is 2.26. The van der Waals surface area contributed by atoms with E-state index in [4.69, 9.17) is 9.47 Å². The summed E-state index contributed by atoms with van der Waals surface area (Å²) in [5.74, 6) is 0.100. The molecule has 0 radical (unpaired) electrons. The fraction of sp³-hybridized carbons (Fsp3) is 0.500. The molecule has 0 saturated heterocycles. The molecule has 16 heavy (non-hydrogen) atoms. The summed E-state index contributed by atoms with van der Waals surface area (Å²) in [4.78, 5) is 0. The first-order valence-corrected chi connectivity index (χ1v) is 5.17. The zero-order valence-corrected chi connectivity index (χ0v) is 9.74. The summed E-state index contributed by atoms with van der Waals surface area (Å²) < 4.78 is 23.5. The molecule has 0 amide bonds. The molecule has 0 fully saturated rings. The fourth-order valence-electron chi connectivity index (χ4n) is 1.25. The van der Waals surface area contributed by atoms with E-state index in [-0.39, 0.29) is 11.9 Å². The van der Waals surface area contributed by atoms with Crippen LogP contribution in [0.1, 0.15) is 25.5 Å². The third-order valence-electron chi connectivity index (χ3n) is 2.30. The third-order valence-corrected chi connectivity index (χ3v) is 2.30. The van der Waals surface area contributed by atoms with E-state index in [1.165, 1.54) is 18.2 Å². The van der Waals surface area contributed by atoms with Gasteiger partial charge in [-0.15, -0.1) is 0 Å². The number of aliphatic hydroxyl groups excluding tert-OH is 1. The van der Waals surface area contributed by atoms with Crippen molar-refractivity contribution in [2.45, 2.75) is 26.1 Å². The Morgan fingerprint density at radius 1 is 1.38 bits per heavy atom. The van der Waals surface area contributed by atoms with Crippen LogP contribution in [0, 0.1) is 5.82 Å². The van der Waals surface area contributed by atoms with Gasteiger partial charge in [0.1, 0.15) is 18.2 Å². The summed E-state index contributed by atoms with van der Waals surface area (Å²) >= 11 is 0. The van der Waals surface area contributed by atoms with Gasteiger partial charge in [0.2, 0.25) is 0 Å². The largest absolute Gasteiger partial charge is 0.491 e. The number of rotatable bonds is 5. The molecule has 1 rings (SSSR count). The molecule has 0 bridgehead atoms. The number of ether oxygens (including phenoxy) is 2. The van der Waals surface area contributed by atoms with Crippen LogP contribution in [0.15, 0.2) is 18.2 Å². The molecule has 90 valence electrons. The lowest BCUT2D eigenvalue weighted by molar-refractivity contribution is 0.0699. The molecule has 0 saturated carbocycles. The van der Waals surface area contributed by atoms with Crippen molar-refractivity contribution in [2.24, 2.45) is 0 Å². The van der Waals surface area contributed by atoms with Gasteiger partial charge >= 0.3 is 0 Å². The van der Waals surface area contributed by atoms with Crippen LogP contribution < -0.4 is 4.74 Å². The van der Waals surface area contributed by atoms with Crippen LogP contribution >= 0.6 is 0 Å². The van der Waals surface area contributed by atoms with E-state index in [9.17, 15) is 9.50 Å². The van der Waals surface area contributed by atoms with Crippen LogP contribution in [0.2, 0.25) is 0 Å². The molecule has 3 nitrogen and oxygen atoms in total. The van der Waals surface area contributed by atoms with Crippen LogP contribution in [0.5, 0.6) is 5.75 Å². The summed E-state index contributed by atoms with van der Waals surface area (Å²) in [6, 6.07) is 4.09. The Kier molecular flexibility index (Phi) is 4.71. The molecule has 1 aromatic rings. The molecule has 0 aromatic heterocycles. The van der Waals surface area contributed by atoms with Crippen molar-refractivity contribution in [1.29, 1.82) is 0 Å². The maximum atomic E-state index is 13.0. The second-order valence-electron chi connectivity index (χ2n) is 3.72. The molecule has 0 aliphatic heterocycles. The number of benzene rings is 1. The Bertz CT molecular complexity index is 339. The molecular formula is C12H17FO3. The molecule has 0 aliphatic rings. The summed E-state index contributed by atoms with van der Waals surface area (Å²) in [5.41, 5.74) is 0.448. The topological polar surface area (TPSA) is 38.7 Å². The van der Waals surface area contributed by atoms with Gasteiger partial charge < -0.3 is 14.6 Å². The van der Waals surface area contributed by atoms with Crippen LogP contribution in [-0.2, 0) is 4.74 Å². The van der Waals surface area contributed by atoms with Crippen molar-refractivity contribution in [3.8, 4) is 5.75 Å². The van der Waals surface area contributed by atoms with Gasteiger partial charge in [-0.1, -0.05) is 0 Å². The van der Waals surface area contributed by atoms with Gasteiger partial charge in [0.05, 0.1) is 12.2 Å². The van der Waals surface area contributed by atoms with Crippen LogP contribution in [0.4, 0.5) is 4.39 Å². The highest BCUT2D eigenvalue weighted by Gasteiger charge is 2.11. The molecule has 1 unspecified atom stereocenters. The molecule has 2 atom stereocenters. The summed E-state index contributed by atoms with van der Waals surface area (Å²) in [6.07, 6.45) is -0.810. The first-order chi connectivity index (χ1) is 7.54. The second-order valence-corrected chi connectivity index (χ2v) is 3.72. The fourth-order valence-corrected chi connectivity index (χ4v) is 1.25. The van der Waals surface area contributed by atoms with E-state index in [1.807, 2.05) is 6.92 Å². The van der Waals surface area contributed by atoms with Crippen molar-refractivity contribution in [1.82, 2.24) is 0 Å². The maximum Gasteiger partial charge on any atom is 0.125 e. The van der Waals surface area contributed by atoms with E-state index in [1.54, 1.807) is 14.0 Å². The maximum absolute atomic E-state index is 13.0. The first-order valence-electron chi connectivity index (χ1n) is 5.17. The Labute approximate surface area is 94.8 Å². The molecule has 0 spiro atoms. The second kappa shape index (κ2) is 5.82. The number of hydrogen-bond acceptors (Lipinski definition) is 3. The number of hydrogen-bond donors (Lipinski definition) is 1. The normalized spacial score (nSPS) is 14.6. The smallest absolute Gasteiger partial charge is 0.125 e. The summed E-state index contributed by atoms with van der Waals surface area (Å²) in [6.45, 7) is 3.80. The zero-order valence-electron chi connectivity index (χ0n) is 9.74. The minimum absolute atomic E-state index is 0.0492. The van der Waals surface area contributed by atoms with E-state index in [0.717, 1.165) is 0 Å².